The molecule has 0 saturated carbocycles. The largest absolute Gasteiger partial charge is 0.481 e. The SMILES string of the molecule is CC(CCNCC(=O)Nc1cccc(Cl)c1)CCC(=O)O. The number of halogens is 1. The van der Waals surface area contributed by atoms with E-state index in [4.69, 9.17) is 16.7 Å². The van der Waals surface area contributed by atoms with Crippen molar-refractivity contribution in [1.82, 2.24) is 5.32 Å². The van der Waals surface area contributed by atoms with Gasteiger partial charge in [0, 0.05) is 17.1 Å². The highest BCUT2D eigenvalue weighted by molar-refractivity contribution is 6.30. The van der Waals surface area contributed by atoms with Crippen molar-refractivity contribution in [2.75, 3.05) is 18.4 Å². The fraction of sp³-hybridized carbons (Fsp3) is 0.467. The zero-order chi connectivity index (χ0) is 15.7. The molecule has 1 rings (SSSR count). The van der Waals surface area contributed by atoms with Gasteiger partial charge >= 0.3 is 5.97 Å². The van der Waals surface area contributed by atoms with Crippen LogP contribution >= 0.6 is 11.6 Å². The summed E-state index contributed by atoms with van der Waals surface area (Å²) in [4.78, 5) is 22.1. The van der Waals surface area contributed by atoms with Gasteiger partial charge < -0.3 is 15.7 Å². The maximum absolute atomic E-state index is 11.7. The topological polar surface area (TPSA) is 78.4 Å². The number of amides is 1. The molecule has 1 atom stereocenters. The van der Waals surface area contributed by atoms with Gasteiger partial charge in [-0.2, -0.15) is 0 Å². The number of rotatable bonds is 9. The van der Waals surface area contributed by atoms with Crippen molar-refractivity contribution in [1.29, 1.82) is 0 Å². The molecule has 1 aromatic carbocycles. The highest BCUT2D eigenvalue weighted by atomic mass is 35.5. The summed E-state index contributed by atoms with van der Waals surface area (Å²) in [6, 6.07) is 6.98. The van der Waals surface area contributed by atoms with Crippen LogP contribution < -0.4 is 10.6 Å². The standard InChI is InChI=1S/C15H21ClN2O3/c1-11(5-6-15(20)21)7-8-17-10-14(19)18-13-4-2-3-12(16)9-13/h2-4,9,11,17H,5-8,10H2,1H3,(H,18,19)(H,20,21). The molecule has 0 bridgehead atoms. The van der Waals surface area contributed by atoms with Crippen LogP contribution in [-0.4, -0.2) is 30.1 Å². The molecule has 1 aromatic rings. The van der Waals surface area contributed by atoms with E-state index in [0.29, 0.717) is 29.6 Å². The Hall–Kier alpha value is -1.59. The van der Waals surface area contributed by atoms with Gasteiger partial charge in [0.2, 0.25) is 5.91 Å². The molecule has 116 valence electrons. The van der Waals surface area contributed by atoms with Gasteiger partial charge in [-0.1, -0.05) is 24.6 Å². The van der Waals surface area contributed by atoms with Crippen molar-refractivity contribution in [2.24, 2.45) is 5.92 Å². The van der Waals surface area contributed by atoms with E-state index in [0.717, 1.165) is 6.42 Å². The molecule has 21 heavy (non-hydrogen) atoms. The van der Waals surface area contributed by atoms with E-state index in [2.05, 4.69) is 10.6 Å². The molecule has 0 aliphatic heterocycles. The van der Waals surface area contributed by atoms with E-state index in [9.17, 15) is 9.59 Å². The maximum atomic E-state index is 11.7. The molecule has 0 saturated heterocycles. The summed E-state index contributed by atoms with van der Waals surface area (Å²) in [6.07, 6.45) is 1.69. The zero-order valence-electron chi connectivity index (χ0n) is 12.1. The molecule has 6 heteroatoms. The first-order valence-electron chi connectivity index (χ1n) is 6.95. The molecule has 3 N–H and O–H groups in total. The normalized spacial score (nSPS) is 11.9. The molecule has 5 nitrogen and oxygen atoms in total. The zero-order valence-corrected chi connectivity index (χ0v) is 12.8. The summed E-state index contributed by atoms with van der Waals surface area (Å²) < 4.78 is 0. The number of benzene rings is 1. The number of hydrogen-bond donors (Lipinski definition) is 3. The quantitative estimate of drug-likeness (QED) is 0.613. The lowest BCUT2D eigenvalue weighted by molar-refractivity contribution is -0.137. The number of anilines is 1. The van der Waals surface area contributed by atoms with Gasteiger partial charge in [-0.3, -0.25) is 9.59 Å². The van der Waals surface area contributed by atoms with Crippen LogP contribution in [0.5, 0.6) is 0 Å². The minimum absolute atomic E-state index is 0.129. The molecule has 0 aromatic heterocycles. The van der Waals surface area contributed by atoms with E-state index in [1.54, 1.807) is 24.3 Å². The predicted molar refractivity (Wildman–Crippen MR) is 83.6 cm³/mol. The number of carbonyl (C=O) groups is 2. The van der Waals surface area contributed by atoms with Gasteiger partial charge in [0.05, 0.1) is 6.54 Å². The third-order valence-electron chi connectivity index (χ3n) is 3.06. The van der Waals surface area contributed by atoms with Crippen LogP contribution in [0.2, 0.25) is 5.02 Å². The van der Waals surface area contributed by atoms with Crippen molar-refractivity contribution in [3.05, 3.63) is 29.3 Å². The molecular weight excluding hydrogens is 292 g/mol. The van der Waals surface area contributed by atoms with E-state index in [1.807, 2.05) is 6.92 Å². The number of hydrogen-bond acceptors (Lipinski definition) is 3. The van der Waals surface area contributed by atoms with Crippen LogP contribution in [0.15, 0.2) is 24.3 Å². The molecule has 1 amide bonds. The Morgan fingerprint density at radius 2 is 2.10 bits per heavy atom. The number of carboxylic acid groups (broad SMARTS) is 1. The van der Waals surface area contributed by atoms with Gasteiger partial charge in [0.25, 0.3) is 0 Å². The second kappa shape index (κ2) is 9.37. The summed E-state index contributed by atoms with van der Waals surface area (Å²) in [5.74, 6) is -0.573. The fourth-order valence-electron chi connectivity index (χ4n) is 1.84. The van der Waals surface area contributed by atoms with E-state index in [-0.39, 0.29) is 18.9 Å². The minimum atomic E-state index is -0.768. The molecule has 0 aliphatic rings. The predicted octanol–water partition coefficient (Wildman–Crippen LogP) is 2.76. The molecule has 0 aliphatic carbocycles. The Balaban J connectivity index is 2.15. The van der Waals surface area contributed by atoms with E-state index < -0.39 is 5.97 Å². The number of nitrogens with one attached hydrogen (secondary N) is 2. The van der Waals surface area contributed by atoms with Crippen LogP contribution in [0.3, 0.4) is 0 Å². The molecule has 0 radical (unpaired) electrons. The third-order valence-corrected chi connectivity index (χ3v) is 3.29. The lowest BCUT2D eigenvalue weighted by Crippen LogP contribution is -2.29. The molecule has 1 unspecified atom stereocenters. The van der Waals surface area contributed by atoms with Crippen LogP contribution in [0.25, 0.3) is 0 Å². The third kappa shape index (κ3) is 8.32. The monoisotopic (exact) mass is 312 g/mol. The van der Waals surface area contributed by atoms with Crippen LogP contribution in [0, 0.1) is 5.92 Å². The Morgan fingerprint density at radius 3 is 2.76 bits per heavy atom. The number of carbonyl (C=O) groups excluding carboxylic acids is 1. The first-order valence-corrected chi connectivity index (χ1v) is 7.33. The van der Waals surface area contributed by atoms with Crippen molar-refractivity contribution >= 4 is 29.2 Å². The first kappa shape index (κ1) is 17.5. The first-order chi connectivity index (χ1) is 9.97. The second-order valence-electron chi connectivity index (χ2n) is 5.06. The van der Waals surface area contributed by atoms with Crippen LogP contribution in [-0.2, 0) is 9.59 Å². The summed E-state index contributed by atoms with van der Waals surface area (Å²) in [5.41, 5.74) is 0.670. The summed E-state index contributed by atoms with van der Waals surface area (Å²) >= 11 is 5.83. The van der Waals surface area contributed by atoms with Gasteiger partial charge in [0.1, 0.15) is 0 Å². The van der Waals surface area contributed by atoms with E-state index >= 15 is 0 Å². The lowest BCUT2D eigenvalue weighted by Gasteiger charge is -2.11. The summed E-state index contributed by atoms with van der Waals surface area (Å²) in [5, 5.41) is 15.0. The van der Waals surface area contributed by atoms with Gasteiger partial charge in [-0.05, 0) is 43.5 Å². The smallest absolute Gasteiger partial charge is 0.303 e. The average Bonchev–Trinajstić information content (AvgIpc) is 2.41. The fourth-order valence-corrected chi connectivity index (χ4v) is 2.03. The van der Waals surface area contributed by atoms with Crippen LogP contribution in [0.4, 0.5) is 5.69 Å². The Bertz CT molecular complexity index is 480. The highest BCUT2D eigenvalue weighted by Crippen LogP contribution is 2.14. The summed E-state index contributed by atoms with van der Waals surface area (Å²) in [7, 11) is 0. The van der Waals surface area contributed by atoms with Gasteiger partial charge in [0.15, 0.2) is 0 Å². The number of carboxylic acids is 1. The summed E-state index contributed by atoms with van der Waals surface area (Å²) in [6.45, 7) is 2.92. The second-order valence-corrected chi connectivity index (χ2v) is 5.50. The number of aliphatic carboxylic acids is 1. The Labute approximate surface area is 129 Å². The Morgan fingerprint density at radius 1 is 1.33 bits per heavy atom. The van der Waals surface area contributed by atoms with Crippen molar-refractivity contribution < 1.29 is 14.7 Å². The van der Waals surface area contributed by atoms with Crippen molar-refractivity contribution in [3.8, 4) is 0 Å². The molecule has 0 heterocycles. The lowest BCUT2D eigenvalue weighted by atomic mass is 10.0. The van der Waals surface area contributed by atoms with Gasteiger partial charge in [-0.15, -0.1) is 0 Å². The van der Waals surface area contributed by atoms with Crippen LogP contribution in [0.1, 0.15) is 26.2 Å². The van der Waals surface area contributed by atoms with Gasteiger partial charge in [-0.25, -0.2) is 0 Å². The average molecular weight is 313 g/mol. The maximum Gasteiger partial charge on any atom is 0.303 e. The highest BCUT2D eigenvalue weighted by Gasteiger charge is 2.06. The molecule has 0 fully saturated rings. The van der Waals surface area contributed by atoms with Crippen molar-refractivity contribution in [2.45, 2.75) is 26.2 Å². The minimum Gasteiger partial charge on any atom is -0.481 e. The van der Waals surface area contributed by atoms with Crippen molar-refractivity contribution in [3.63, 3.8) is 0 Å². The Kier molecular flexibility index (Phi) is 7.79. The molecule has 0 spiro atoms. The molecular formula is C15H21ClN2O3. The van der Waals surface area contributed by atoms with E-state index in [1.165, 1.54) is 0 Å².